The minimum Gasteiger partial charge on any atom is -0.335 e. The van der Waals surface area contributed by atoms with E-state index in [2.05, 4.69) is 10.00 Å². The van der Waals surface area contributed by atoms with E-state index in [0.717, 1.165) is 0 Å². The van der Waals surface area contributed by atoms with E-state index in [4.69, 9.17) is 0 Å². The maximum Gasteiger partial charge on any atom is 0.275 e. The number of piperazine rings is 1. The van der Waals surface area contributed by atoms with Crippen molar-refractivity contribution >= 4 is 26.5 Å². The first-order valence-electron chi connectivity index (χ1n) is 9.05. The molecule has 144 valence electrons. The predicted molar refractivity (Wildman–Crippen MR) is 102 cm³/mol. The van der Waals surface area contributed by atoms with E-state index in [1.807, 2.05) is 0 Å². The summed E-state index contributed by atoms with van der Waals surface area (Å²) in [6.45, 7) is 2.34. The van der Waals surface area contributed by atoms with Gasteiger partial charge in [-0.1, -0.05) is 18.2 Å². The Labute approximate surface area is 157 Å². The van der Waals surface area contributed by atoms with Crippen LogP contribution in [0.4, 0.5) is 0 Å². The number of aromatic nitrogens is 2. The van der Waals surface area contributed by atoms with Gasteiger partial charge < -0.3 is 4.90 Å². The lowest BCUT2D eigenvalue weighted by molar-refractivity contribution is 0.0582. The Hall–Kier alpha value is -2.26. The molecule has 0 aliphatic carbocycles. The Morgan fingerprint density at radius 3 is 2.41 bits per heavy atom. The Morgan fingerprint density at radius 2 is 1.78 bits per heavy atom. The van der Waals surface area contributed by atoms with Gasteiger partial charge in [-0.05, 0) is 12.5 Å². The van der Waals surface area contributed by atoms with Crippen LogP contribution in [-0.4, -0.2) is 77.6 Å². The quantitative estimate of drug-likeness (QED) is 0.710. The van der Waals surface area contributed by atoms with Gasteiger partial charge in [-0.15, -0.1) is 0 Å². The number of sulfone groups is 1. The number of fused-ring (bicyclic) bond motifs is 1. The first-order valence-corrected chi connectivity index (χ1v) is 10.9. The molecule has 2 aliphatic heterocycles. The summed E-state index contributed by atoms with van der Waals surface area (Å²) in [6, 6.07) is 7.07. The first kappa shape index (κ1) is 18.1. The molecule has 2 aliphatic rings. The minimum absolute atomic E-state index is 0.0590. The van der Waals surface area contributed by atoms with Crippen molar-refractivity contribution in [3.8, 4) is 0 Å². The van der Waals surface area contributed by atoms with Gasteiger partial charge in [-0.3, -0.25) is 14.5 Å². The van der Waals surface area contributed by atoms with E-state index >= 15 is 0 Å². The second kappa shape index (κ2) is 6.72. The fourth-order valence-electron chi connectivity index (χ4n) is 3.96. The third-order valence-corrected chi connectivity index (χ3v) is 7.24. The van der Waals surface area contributed by atoms with Crippen LogP contribution >= 0.6 is 0 Å². The highest BCUT2D eigenvalue weighted by Gasteiger charge is 2.34. The van der Waals surface area contributed by atoms with Gasteiger partial charge in [0.1, 0.15) is 0 Å². The Kier molecular flexibility index (Phi) is 4.51. The van der Waals surface area contributed by atoms with Crippen LogP contribution in [0.3, 0.4) is 0 Å². The van der Waals surface area contributed by atoms with Crippen LogP contribution < -0.4 is 5.56 Å². The molecule has 1 amide bonds. The summed E-state index contributed by atoms with van der Waals surface area (Å²) < 4.78 is 24.6. The summed E-state index contributed by atoms with van der Waals surface area (Å²) in [5, 5.41) is 5.26. The van der Waals surface area contributed by atoms with Gasteiger partial charge in [0.05, 0.1) is 16.9 Å². The summed E-state index contributed by atoms with van der Waals surface area (Å²) >= 11 is 0. The molecular weight excluding hydrogens is 368 g/mol. The SMILES string of the molecule is Cn1nc(C(=O)N2CCN([C@H]3CCS(=O)(=O)C3)CC2)c2ccccc2c1=O. The van der Waals surface area contributed by atoms with Crippen LogP contribution in [0.1, 0.15) is 16.9 Å². The van der Waals surface area contributed by atoms with Gasteiger partial charge in [0.25, 0.3) is 11.5 Å². The fraction of sp³-hybridized carbons (Fsp3) is 0.500. The van der Waals surface area contributed by atoms with Crippen molar-refractivity contribution in [1.82, 2.24) is 19.6 Å². The van der Waals surface area contributed by atoms with Crippen molar-refractivity contribution in [2.24, 2.45) is 7.05 Å². The Balaban J connectivity index is 1.53. The van der Waals surface area contributed by atoms with E-state index in [1.54, 1.807) is 36.2 Å². The van der Waals surface area contributed by atoms with Crippen LogP contribution in [-0.2, 0) is 16.9 Å². The minimum atomic E-state index is -2.92. The number of hydrogen-bond donors (Lipinski definition) is 0. The highest BCUT2D eigenvalue weighted by molar-refractivity contribution is 7.91. The predicted octanol–water partition coefficient (Wildman–Crippen LogP) is -0.122. The van der Waals surface area contributed by atoms with Crippen molar-refractivity contribution < 1.29 is 13.2 Å². The lowest BCUT2D eigenvalue weighted by Crippen LogP contribution is -2.52. The summed E-state index contributed by atoms with van der Waals surface area (Å²) in [5.74, 6) is 0.277. The van der Waals surface area contributed by atoms with E-state index < -0.39 is 9.84 Å². The molecule has 0 bridgehead atoms. The summed E-state index contributed by atoms with van der Waals surface area (Å²) in [5.41, 5.74) is 0.0546. The Bertz CT molecular complexity index is 1050. The third kappa shape index (κ3) is 3.37. The monoisotopic (exact) mass is 390 g/mol. The molecule has 1 atom stereocenters. The lowest BCUT2D eigenvalue weighted by atomic mass is 10.1. The first-order chi connectivity index (χ1) is 12.9. The molecule has 0 unspecified atom stereocenters. The molecule has 0 N–H and O–H groups in total. The number of carbonyl (C=O) groups excluding carboxylic acids is 1. The van der Waals surface area contributed by atoms with E-state index in [1.165, 1.54) is 4.68 Å². The number of aryl methyl sites for hydroxylation is 1. The van der Waals surface area contributed by atoms with Crippen molar-refractivity contribution in [3.05, 3.63) is 40.3 Å². The van der Waals surface area contributed by atoms with Gasteiger partial charge in [0, 0.05) is 44.7 Å². The average molecular weight is 390 g/mol. The maximum atomic E-state index is 13.0. The van der Waals surface area contributed by atoms with E-state index in [9.17, 15) is 18.0 Å². The van der Waals surface area contributed by atoms with Gasteiger partial charge in [0.2, 0.25) is 0 Å². The number of rotatable bonds is 2. The highest BCUT2D eigenvalue weighted by atomic mass is 32.2. The van der Waals surface area contributed by atoms with Gasteiger partial charge in [-0.25, -0.2) is 13.1 Å². The molecular formula is C18H22N4O4S. The number of benzene rings is 1. The average Bonchev–Trinajstić information content (AvgIpc) is 3.04. The number of amides is 1. The largest absolute Gasteiger partial charge is 0.335 e. The number of nitrogens with zero attached hydrogens (tertiary/aromatic N) is 4. The van der Waals surface area contributed by atoms with Gasteiger partial charge >= 0.3 is 0 Å². The molecule has 8 nitrogen and oxygen atoms in total. The van der Waals surface area contributed by atoms with Gasteiger partial charge in [0.15, 0.2) is 15.5 Å². The Morgan fingerprint density at radius 1 is 1.11 bits per heavy atom. The summed E-state index contributed by atoms with van der Waals surface area (Å²) in [4.78, 5) is 29.2. The molecule has 2 fully saturated rings. The molecule has 0 spiro atoms. The van der Waals surface area contributed by atoms with Gasteiger partial charge in [-0.2, -0.15) is 5.10 Å². The van der Waals surface area contributed by atoms with Crippen molar-refractivity contribution in [2.45, 2.75) is 12.5 Å². The molecule has 3 heterocycles. The highest BCUT2D eigenvalue weighted by Crippen LogP contribution is 2.21. The molecule has 2 aromatic rings. The lowest BCUT2D eigenvalue weighted by Gasteiger charge is -2.37. The van der Waals surface area contributed by atoms with E-state index in [0.29, 0.717) is 43.4 Å². The van der Waals surface area contributed by atoms with Crippen LogP contribution in [0.5, 0.6) is 0 Å². The van der Waals surface area contributed by atoms with Crippen LogP contribution in [0.25, 0.3) is 10.8 Å². The molecule has 1 aromatic heterocycles. The van der Waals surface area contributed by atoms with Crippen LogP contribution in [0, 0.1) is 0 Å². The maximum absolute atomic E-state index is 13.0. The summed E-state index contributed by atoms with van der Waals surface area (Å²) in [6.07, 6.45) is 0.670. The van der Waals surface area contributed by atoms with Crippen LogP contribution in [0.15, 0.2) is 29.1 Å². The molecule has 2 saturated heterocycles. The van der Waals surface area contributed by atoms with Crippen molar-refractivity contribution in [3.63, 3.8) is 0 Å². The zero-order valence-corrected chi connectivity index (χ0v) is 16.0. The fourth-order valence-corrected chi connectivity index (χ4v) is 5.72. The molecule has 27 heavy (non-hydrogen) atoms. The molecule has 4 rings (SSSR count). The summed E-state index contributed by atoms with van der Waals surface area (Å²) in [7, 11) is -1.37. The van der Waals surface area contributed by atoms with Crippen molar-refractivity contribution in [2.75, 3.05) is 37.7 Å². The molecule has 1 aromatic carbocycles. The van der Waals surface area contributed by atoms with Crippen molar-refractivity contribution in [1.29, 1.82) is 0 Å². The zero-order valence-electron chi connectivity index (χ0n) is 15.2. The smallest absolute Gasteiger partial charge is 0.275 e. The number of carbonyl (C=O) groups is 1. The van der Waals surface area contributed by atoms with Crippen LogP contribution in [0.2, 0.25) is 0 Å². The third-order valence-electron chi connectivity index (χ3n) is 5.49. The topological polar surface area (TPSA) is 92.6 Å². The molecule has 0 saturated carbocycles. The zero-order chi connectivity index (χ0) is 19.2. The second-order valence-corrected chi connectivity index (χ2v) is 9.44. The number of hydrogen-bond acceptors (Lipinski definition) is 6. The molecule has 9 heteroatoms. The molecule has 0 radical (unpaired) electrons. The normalized spacial score (nSPS) is 23.0. The second-order valence-electron chi connectivity index (χ2n) is 7.21. The van der Waals surface area contributed by atoms with E-state index in [-0.39, 0.29) is 34.7 Å². The standard InChI is InChI=1S/C18H22N4O4S/c1-20-17(23)15-5-3-2-4-14(15)16(19-20)18(24)22-9-7-21(8-10-22)13-6-11-27(25,26)12-13/h2-5,13H,6-12H2,1H3/t13-/m0/s1.